The van der Waals surface area contributed by atoms with Crippen LogP contribution in [-0.2, 0) is 42.0 Å². The predicted molar refractivity (Wildman–Crippen MR) is 175 cm³/mol. The van der Waals surface area contributed by atoms with E-state index >= 15 is 0 Å². The van der Waals surface area contributed by atoms with Crippen LogP contribution in [0, 0.1) is 17.7 Å². The van der Waals surface area contributed by atoms with Gasteiger partial charge in [-0.25, -0.2) is 8.42 Å². The van der Waals surface area contributed by atoms with Crippen molar-refractivity contribution in [3.63, 3.8) is 0 Å². The van der Waals surface area contributed by atoms with Gasteiger partial charge in [-0.2, -0.15) is 4.31 Å². The molecule has 0 bridgehead atoms. The molecule has 2 fully saturated rings. The highest BCUT2D eigenvalue weighted by molar-refractivity contribution is 7.89. The third kappa shape index (κ3) is 10.4. The maximum Gasteiger partial charge on any atom is 0.573 e. The monoisotopic (exact) mass is 732 g/mol. The second kappa shape index (κ2) is 16.6. The van der Waals surface area contributed by atoms with Gasteiger partial charge in [0, 0.05) is 27.2 Å². The van der Waals surface area contributed by atoms with Gasteiger partial charge in [0.25, 0.3) is 0 Å². The van der Waals surface area contributed by atoms with Crippen LogP contribution in [-0.4, -0.2) is 74.8 Å². The van der Waals surface area contributed by atoms with E-state index in [9.17, 15) is 31.5 Å². The van der Waals surface area contributed by atoms with E-state index in [1.165, 1.54) is 36.4 Å². The highest BCUT2D eigenvalue weighted by Gasteiger charge is 2.44. The Hall–Kier alpha value is -3.69. The molecule has 0 radical (unpaired) electrons. The Balaban J connectivity index is 1.50. The number of carbonyl (C=O) groups is 1. The zero-order valence-corrected chi connectivity index (χ0v) is 27.4. The van der Waals surface area contributed by atoms with Crippen LogP contribution in [0.1, 0.15) is 52.8 Å². The van der Waals surface area contributed by atoms with E-state index in [1.807, 2.05) is 0 Å². The minimum atomic E-state index is -5.38. The summed E-state index contributed by atoms with van der Waals surface area (Å²) >= 11 is 0. The van der Waals surface area contributed by atoms with Crippen molar-refractivity contribution in [2.24, 2.45) is 17.7 Å². The van der Waals surface area contributed by atoms with Gasteiger partial charge >= 0.3 is 12.3 Å². The molecular weight excluding hydrogens is 679 g/mol. The molecule has 10 nitrogen and oxygen atoms in total. The van der Waals surface area contributed by atoms with Crippen molar-refractivity contribution in [3.05, 3.63) is 90.0 Å². The summed E-state index contributed by atoms with van der Waals surface area (Å²) in [4.78, 5) is 12.8. The van der Waals surface area contributed by atoms with Gasteiger partial charge in [-0.3, -0.25) is 4.79 Å². The summed E-state index contributed by atoms with van der Waals surface area (Å²) in [7, 11) is -5.38. The Labute approximate surface area is 305 Å². The lowest BCUT2D eigenvalue weighted by atomic mass is 9.90. The zero-order chi connectivity index (χ0) is 45.6. The molecule has 2 aliphatic heterocycles. The molecule has 2 heterocycles. The van der Waals surface area contributed by atoms with E-state index in [-0.39, 0.29) is 35.1 Å². The number of ether oxygens (including phenoxy) is 5. The first-order chi connectivity index (χ1) is 27.9. The number of hydrogen-bond donors (Lipinski definition) is 1. The molecule has 0 spiro atoms. The molecule has 1 N–H and O–H groups in total. The number of sulfonamides is 1. The van der Waals surface area contributed by atoms with Crippen molar-refractivity contribution in [2.75, 3.05) is 26.2 Å². The Bertz CT molecular complexity index is 2120. The third-order valence-electron chi connectivity index (χ3n) is 7.62. The Morgan fingerprint density at radius 2 is 1.80 bits per heavy atom. The Morgan fingerprint density at radius 1 is 1.10 bits per heavy atom. The number of esters is 1. The minimum Gasteiger partial charge on any atom is -0.489 e. The quantitative estimate of drug-likeness (QED) is 0.184. The maximum atomic E-state index is 14.2. The van der Waals surface area contributed by atoms with Gasteiger partial charge in [0.2, 0.25) is 10.0 Å². The van der Waals surface area contributed by atoms with Crippen LogP contribution >= 0.6 is 0 Å². The first kappa shape index (κ1) is 25.3. The first-order valence-corrected chi connectivity index (χ1v) is 16.8. The minimum absolute atomic E-state index is 0.0403. The SMILES string of the molecule is [2H]C([2H])(Oc1ccc(C[C@H](CC(=O)O[C@]2([2H])[C@@H]3CCO[C@@H]3OC2([2H])[2H])[C@H](O)CN(C([2H])([2H])C([2H])(C)C([2H])([2H])[2H])S(=O)(=O)c2ccc(OC(F)(F)F)cc2)cc1)c1ccccc1. The highest BCUT2D eigenvalue weighted by Crippen LogP contribution is 2.34. The molecule has 272 valence electrons. The summed E-state index contributed by atoms with van der Waals surface area (Å²) in [6, 6.07) is 15.8. The summed E-state index contributed by atoms with van der Waals surface area (Å²) in [5.74, 6) is -7.97. The lowest BCUT2D eigenvalue weighted by molar-refractivity contribution is -0.274. The molecule has 2 saturated heterocycles. The van der Waals surface area contributed by atoms with Crippen molar-refractivity contribution in [1.29, 1.82) is 0 Å². The fraction of sp³-hybridized carbons (Fsp3) is 0.472. The van der Waals surface area contributed by atoms with Crippen LogP contribution in [0.2, 0.25) is 0 Å². The number of carbonyl (C=O) groups excluding carboxylic acids is 1. The first-order valence-electron chi connectivity index (χ1n) is 20.8. The molecule has 0 saturated carbocycles. The van der Waals surface area contributed by atoms with E-state index in [0.717, 1.165) is 0 Å². The van der Waals surface area contributed by atoms with Crippen LogP contribution in [0.5, 0.6) is 11.5 Å². The molecule has 0 aliphatic carbocycles. The zero-order valence-electron chi connectivity index (χ0n) is 37.6. The molecule has 3 aromatic rings. The van der Waals surface area contributed by atoms with Crippen molar-refractivity contribution in [2.45, 2.75) is 69.3 Å². The summed E-state index contributed by atoms with van der Waals surface area (Å²) in [6.45, 7) is -13.1. The van der Waals surface area contributed by atoms with Crippen molar-refractivity contribution < 1.29 is 70.3 Å². The number of hydrogen-bond acceptors (Lipinski definition) is 9. The number of alkyl halides is 3. The van der Waals surface area contributed by atoms with Crippen LogP contribution in [0.4, 0.5) is 13.2 Å². The predicted octanol–water partition coefficient (Wildman–Crippen LogP) is 5.73. The molecule has 0 aromatic heterocycles. The average molecular weight is 733 g/mol. The molecule has 3 aromatic carbocycles. The van der Waals surface area contributed by atoms with E-state index in [1.54, 1.807) is 18.2 Å². The number of aliphatic hydroxyl groups excluding tert-OH is 1. The van der Waals surface area contributed by atoms with Crippen molar-refractivity contribution >= 4 is 16.0 Å². The highest BCUT2D eigenvalue weighted by atomic mass is 32.2. The third-order valence-corrected chi connectivity index (χ3v) is 9.31. The summed E-state index contributed by atoms with van der Waals surface area (Å²) < 4.78 is 184. The molecule has 6 atom stereocenters. The summed E-state index contributed by atoms with van der Waals surface area (Å²) in [6.07, 6.45) is -12.4. The van der Waals surface area contributed by atoms with E-state index in [4.69, 9.17) is 34.0 Å². The largest absolute Gasteiger partial charge is 0.573 e. The Morgan fingerprint density at radius 3 is 2.48 bits per heavy atom. The fourth-order valence-corrected chi connectivity index (χ4v) is 6.56. The van der Waals surface area contributed by atoms with Gasteiger partial charge < -0.3 is 28.8 Å². The van der Waals surface area contributed by atoms with E-state index in [0.29, 0.717) is 36.8 Å². The second-order valence-electron chi connectivity index (χ2n) is 11.4. The molecular formula is C36H42F3NO9S. The number of nitrogens with zero attached hydrogens (tertiary/aromatic N) is 1. The van der Waals surface area contributed by atoms with Gasteiger partial charge in [-0.05, 0) is 66.3 Å². The number of benzene rings is 3. The van der Waals surface area contributed by atoms with Gasteiger partial charge in [-0.1, -0.05) is 56.2 Å². The number of rotatable bonds is 16. The molecule has 1 unspecified atom stereocenters. The van der Waals surface area contributed by atoms with Gasteiger partial charge in [0.15, 0.2) is 6.29 Å². The summed E-state index contributed by atoms with van der Waals surface area (Å²) in [5, 5.41) is 11.8. The van der Waals surface area contributed by atoms with Crippen LogP contribution in [0.15, 0.2) is 83.8 Å². The van der Waals surface area contributed by atoms with Crippen LogP contribution in [0.3, 0.4) is 0 Å². The van der Waals surface area contributed by atoms with Gasteiger partial charge in [0.1, 0.15) is 24.1 Å². The van der Waals surface area contributed by atoms with Crippen LogP contribution < -0.4 is 9.47 Å². The standard InChI is InChI=1S/C36H42F3NO9S/c1-24(2)20-40(50(43,44)30-14-12-29(13-15-30)49-36(37,38)39)21-32(41)27(19-34(42)48-33-23-47-35-31(33)16-17-45-35)18-25-8-10-28(11-9-25)46-22-26-6-4-3-5-7-26/h3-15,24,27,31-33,35,41H,16-23H2,1-2H3/t27-,31+,32-,33+,35-/m1/s1/i1D3,20D2,22D2,23D2,24D,33D/t24?,27-,31+,32-,33+,35-. The molecule has 0 amide bonds. The van der Waals surface area contributed by atoms with Crippen LogP contribution in [0.25, 0.3) is 0 Å². The molecule has 5 rings (SSSR count). The topological polar surface area (TPSA) is 121 Å². The lowest BCUT2D eigenvalue weighted by Crippen LogP contribution is -2.43. The fourth-order valence-electron chi connectivity index (χ4n) is 5.22. The maximum absolute atomic E-state index is 14.2. The van der Waals surface area contributed by atoms with Crippen molar-refractivity contribution in [3.8, 4) is 11.5 Å². The van der Waals surface area contributed by atoms with Crippen molar-refractivity contribution in [1.82, 2.24) is 4.31 Å². The average Bonchev–Trinajstić information content (AvgIpc) is 3.67. The van der Waals surface area contributed by atoms with Gasteiger partial charge in [0.05, 0.1) is 43.4 Å². The summed E-state index contributed by atoms with van der Waals surface area (Å²) in [5.41, 5.74) is 0.493. The lowest BCUT2D eigenvalue weighted by Gasteiger charge is -2.30. The van der Waals surface area contributed by atoms with E-state index in [2.05, 4.69) is 4.74 Å². The smallest absolute Gasteiger partial charge is 0.489 e. The van der Waals surface area contributed by atoms with Gasteiger partial charge in [-0.15, -0.1) is 13.2 Å². The Kier molecular flexibility index (Phi) is 8.37. The van der Waals surface area contributed by atoms with E-state index < -0.39 is 109 Å². The number of halogens is 3. The second-order valence-corrected chi connectivity index (χ2v) is 13.3. The molecule has 50 heavy (non-hydrogen) atoms. The normalized spacial score (nSPS) is 28.2. The number of fused-ring (bicyclic) bond motifs is 1. The number of aliphatic hydroxyl groups is 1. The molecule has 2 aliphatic rings. The molecule has 14 heteroatoms.